The van der Waals surface area contributed by atoms with Gasteiger partial charge in [-0.1, -0.05) is 49.9 Å². The van der Waals surface area contributed by atoms with Crippen LogP contribution in [0.4, 0.5) is 5.69 Å². The van der Waals surface area contributed by atoms with E-state index in [9.17, 15) is 9.90 Å². The Hall–Kier alpha value is -3.31. The van der Waals surface area contributed by atoms with Crippen LogP contribution in [0.2, 0.25) is 5.02 Å². The summed E-state index contributed by atoms with van der Waals surface area (Å²) in [4.78, 5) is 16.7. The smallest absolute Gasteiger partial charge is 0.343 e. The van der Waals surface area contributed by atoms with E-state index >= 15 is 0 Å². The van der Waals surface area contributed by atoms with Gasteiger partial charge in [-0.25, -0.2) is 4.79 Å². The van der Waals surface area contributed by atoms with Gasteiger partial charge in [-0.05, 0) is 55.0 Å². The summed E-state index contributed by atoms with van der Waals surface area (Å²) in [7, 11) is 0. The number of phenolic OH excluding ortho intramolecular Hbond substituents is 1. The maximum absolute atomic E-state index is 12.4. The van der Waals surface area contributed by atoms with Gasteiger partial charge < -0.3 is 14.6 Å². The van der Waals surface area contributed by atoms with Crippen LogP contribution in [-0.2, 0) is 0 Å². The minimum absolute atomic E-state index is 0.0575. The monoisotopic (exact) mass is 451 g/mol. The first-order chi connectivity index (χ1) is 15.6. The van der Waals surface area contributed by atoms with E-state index in [1.54, 1.807) is 48.5 Å². The summed E-state index contributed by atoms with van der Waals surface area (Å²) < 4.78 is 11.1. The number of hydrogen-bond donors (Lipinski definition) is 1. The summed E-state index contributed by atoms with van der Waals surface area (Å²) in [6, 6.07) is 18.6. The van der Waals surface area contributed by atoms with Crippen LogP contribution in [0, 0.1) is 0 Å². The molecule has 6 heteroatoms. The standard InChI is InChI=1S/C26H26ClNO4/c1-2-3-4-7-16-31-21-13-10-19(11-14-21)26(30)32-22-15-12-20(25(29)17-22)18-28-24-9-6-5-8-23(24)27/h5-6,8-15,17-18,29H,2-4,7,16H2,1H3. The molecule has 32 heavy (non-hydrogen) atoms. The highest BCUT2D eigenvalue weighted by atomic mass is 35.5. The molecule has 3 aromatic rings. The Labute approximate surface area is 193 Å². The predicted molar refractivity (Wildman–Crippen MR) is 128 cm³/mol. The Kier molecular flexibility index (Phi) is 8.70. The molecule has 0 saturated heterocycles. The summed E-state index contributed by atoms with van der Waals surface area (Å²) in [6.07, 6.45) is 6.06. The number of hydrogen-bond acceptors (Lipinski definition) is 5. The van der Waals surface area contributed by atoms with Crippen molar-refractivity contribution in [3.8, 4) is 17.2 Å². The number of phenols is 1. The van der Waals surface area contributed by atoms with Crippen molar-refractivity contribution in [3.05, 3.63) is 82.9 Å². The first-order valence-electron chi connectivity index (χ1n) is 10.6. The summed E-state index contributed by atoms with van der Waals surface area (Å²) >= 11 is 6.08. The van der Waals surface area contributed by atoms with Crippen molar-refractivity contribution in [2.75, 3.05) is 6.61 Å². The Morgan fingerprint density at radius 2 is 1.75 bits per heavy atom. The topological polar surface area (TPSA) is 68.1 Å². The maximum atomic E-state index is 12.4. The van der Waals surface area contributed by atoms with Crippen LogP contribution in [0.25, 0.3) is 0 Å². The lowest BCUT2D eigenvalue weighted by atomic mass is 10.2. The van der Waals surface area contributed by atoms with E-state index in [0.29, 0.717) is 28.4 Å². The minimum Gasteiger partial charge on any atom is -0.507 e. The first-order valence-corrected chi connectivity index (χ1v) is 11.0. The number of benzene rings is 3. The van der Waals surface area contributed by atoms with Crippen molar-refractivity contribution in [2.45, 2.75) is 32.6 Å². The quantitative estimate of drug-likeness (QED) is 0.156. The van der Waals surface area contributed by atoms with E-state index in [4.69, 9.17) is 21.1 Å². The maximum Gasteiger partial charge on any atom is 0.343 e. The van der Waals surface area contributed by atoms with Gasteiger partial charge in [0.15, 0.2) is 0 Å². The molecule has 0 unspecified atom stereocenters. The summed E-state index contributed by atoms with van der Waals surface area (Å²) in [5, 5.41) is 10.8. The molecule has 1 N–H and O–H groups in total. The Bertz CT molecular complexity index is 1060. The molecule has 166 valence electrons. The van der Waals surface area contributed by atoms with Crippen LogP contribution in [0.1, 0.15) is 48.5 Å². The molecule has 0 aliphatic rings. The second-order valence-electron chi connectivity index (χ2n) is 7.25. The average molecular weight is 452 g/mol. The van der Waals surface area contributed by atoms with Gasteiger partial charge in [-0.3, -0.25) is 4.99 Å². The van der Waals surface area contributed by atoms with Crippen molar-refractivity contribution < 1.29 is 19.4 Å². The van der Waals surface area contributed by atoms with Crippen molar-refractivity contribution >= 4 is 29.5 Å². The third kappa shape index (κ3) is 6.86. The number of aromatic hydroxyl groups is 1. The predicted octanol–water partition coefficient (Wildman–Crippen LogP) is 6.97. The largest absolute Gasteiger partial charge is 0.507 e. The van der Waals surface area contributed by atoms with E-state index in [-0.39, 0.29) is 11.5 Å². The molecule has 0 radical (unpaired) electrons. The molecule has 0 aliphatic carbocycles. The van der Waals surface area contributed by atoms with Crippen LogP contribution in [0.3, 0.4) is 0 Å². The third-order valence-corrected chi connectivity index (χ3v) is 5.08. The van der Waals surface area contributed by atoms with Crippen LogP contribution in [0.5, 0.6) is 17.2 Å². The van der Waals surface area contributed by atoms with Crippen molar-refractivity contribution in [1.29, 1.82) is 0 Å². The molecule has 0 aromatic heterocycles. The number of ether oxygens (including phenoxy) is 2. The first kappa shape index (κ1) is 23.4. The third-order valence-electron chi connectivity index (χ3n) is 4.76. The zero-order chi connectivity index (χ0) is 22.8. The summed E-state index contributed by atoms with van der Waals surface area (Å²) in [5.74, 6) is 0.380. The van der Waals surface area contributed by atoms with Crippen LogP contribution in [0.15, 0.2) is 71.7 Å². The highest BCUT2D eigenvalue weighted by Crippen LogP contribution is 2.26. The lowest BCUT2D eigenvalue weighted by Crippen LogP contribution is -2.08. The normalized spacial score (nSPS) is 10.9. The van der Waals surface area contributed by atoms with Gasteiger partial charge in [0.25, 0.3) is 0 Å². The van der Waals surface area contributed by atoms with Gasteiger partial charge in [-0.2, -0.15) is 0 Å². The molecule has 5 nitrogen and oxygen atoms in total. The average Bonchev–Trinajstić information content (AvgIpc) is 2.80. The molecule has 0 aliphatic heterocycles. The van der Waals surface area contributed by atoms with Crippen molar-refractivity contribution in [3.63, 3.8) is 0 Å². The second kappa shape index (κ2) is 11.9. The molecular weight excluding hydrogens is 426 g/mol. The number of unbranched alkanes of at least 4 members (excludes halogenated alkanes) is 3. The zero-order valence-electron chi connectivity index (χ0n) is 18.0. The lowest BCUT2D eigenvalue weighted by molar-refractivity contribution is 0.0734. The Balaban J connectivity index is 1.57. The second-order valence-corrected chi connectivity index (χ2v) is 7.66. The number of para-hydroxylation sites is 1. The number of nitrogens with zero attached hydrogens (tertiary/aromatic N) is 1. The van der Waals surface area contributed by atoms with Crippen molar-refractivity contribution in [1.82, 2.24) is 0 Å². The Morgan fingerprint density at radius 1 is 1.00 bits per heavy atom. The molecule has 0 amide bonds. The van der Waals surface area contributed by atoms with E-state index in [0.717, 1.165) is 18.6 Å². The van der Waals surface area contributed by atoms with E-state index < -0.39 is 5.97 Å². The number of aliphatic imine (C=N–C) groups is 1. The number of carbonyl (C=O) groups excluding carboxylic acids is 1. The van der Waals surface area contributed by atoms with Gasteiger partial charge in [0.05, 0.1) is 22.9 Å². The van der Waals surface area contributed by atoms with E-state index in [2.05, 4.69) is 11.9 Å². The van der Waals surface area contributed by atoms with Gasteiger partial charge in [-0.15, -0.1) is 0 Å². The van der Waals surface area contributed by atoms with Gasteiger partial charge in [0, 0.05) is 17.8 Å². The van der Waals surface area contributed by atoms with Gasteiger partial charge in [0.2, 0.25) is 0 Å². The molecule has 0 spiro atoms. The molecular formula is C26H26ClNO4. The van der Waals surface area contributed by atoms with E-state index in [1.165, 1.54) is 25.1 Å². The highest BCUT2D eigenvalue weighted by Gasteiger charge is 2.11. The summed E-state index contributed by atoms with van der Waals surface area (Å²) in [6.45, 7) is 2.83. The number of esters is 1. The van der Waals surface area contributed by atoms with Crippen LogP contribution < -0.4 is 9.47 Å². The lowest BCUT2D eigenvalue weighted by Gasteiger charge is -2.08. The number of rotatable bonds is 10. The fourth-order valence-corrected chi connectivity index (χ4v) is 3.15. The minimum atomic E-state index is -0.517. The Morgan fingerprint density at radius 3 is 2.47 bits per heavy atom. The molecule has 0 fully saturated rings. The zero-order valence-corrected chi connectivity index (χ0v) is 18.7. The molecule has 0 heterocycles. The van der Waals surface area contributed by atoms with Crippen LogP contribution >= 0.6 is 11.6 Å². The SMILES string of the molecule is CCCCCCOc1ccc(C(=O)Oc2ccc(C=Nc3ccccc3Cl)c(O)c2)cc1. The van der Waals surface area contributed by atoms with Crippen LogP contribution in [-0.4, -0.2) is 23.9 Å². The molecule has 3 rings (SSSR count). The van der Waals surface area contributed by atoms with Gasteiger partial charge >= 0.3 is 5.97 Å². The van der Waals surface area contributed by atoms with Gasteiger partial charge in [0.1, 0.15) is 17.2 Å². The summed E-state index contributed by atoms with van der Waals surface area (Å²) in [5.41, 5.74) is 1.47. The molecule has 3 aromatic carbocycles. The molecule has 0 saturated carbocycles. The number of carbonyl (C=O) groups is 1. The fourth-order valence-electron chi connectivity index (χ4n) is 2.96. The molecule has 0 bridgehead atoms. The number of halogens is 1. The highest BCUT2D eigenvalue weighted by molar-refractivity contribution is 6.33. The fraction of sp³-hybridized carbons (Fsp3) is 0.231. The van der Waals surface area contributed by atoms with Crippen molar-refractivity contribution in [2.24, 2.45) is 4.99 Å². The molecule has 0 atom stereocenters. The van der Waals surface area contributed by atoms with E-state index in [1.807, 2.05) is 12.1 Å².